The van der Waals surface area contributed by atoms with Crippen molar-refractivity contribution < 1.29 is 4.79 Å². The van der Waals surface area contributed by atoms with Crippen molar-refractivity contribution in [3.63, 3.8) is 0 Å². The summed E-state index contributed by atoms with van der Waals surface area (Å²) in [6, 6.07) is 9.12. The maximum Gasteiger partial charge on any atom is 0.219 e. The van der Waals surface area contributed by atoms with Gasteiger partial charge in [0.25, 0.3) is 0 Å². The Labute approximate surface area is 140 Å². The van der Waals surface area contributed by atoms with Crippen LogP contribution in [0.25, 0.3) is 0 Å². The largest absolute Gasteiger partial charge is 0.371 e. The third-order valence-corrected chi connectivity index (χ3v) is 5.10. The molecule has 1 aromatic rings. The van der Waals surface area contributed by atoms with Crippen LogP contribution in [0.4, 0.5) is 5.69 Å². The third-order valence-electron chi connectivity index (χ3n) is 5.10. The van der Waals surface area contributed by atoms with Gasteiger partial charge in [-0.25, -0.2) is 0 Å². The van der Waals surface area contributed by atoms with E-state index in [2.05, 4.69) is 29.2 Å². The van der Waals surface area contributed by atoms with Crippen LogP contribution in [0.2, 0.25) is 0 Å². The maximum atomic E-state index is 11.4. The van der Waals surface area contributed by atoms with Crippen LogP contribution in [0.5, 0.6) is 0 Å². The molecule has 2 fully saturated rings. The van der Waals surface area contributed by atoms with E-state index in [-0.39, 0.29) is 11.4 Å². The van der Waals surface area contributed by atoms with Gasteiger partial charge in [0, 0.05) is 44.3 Å². The standard InChI is InChI=1S/C17H25N3O.C2H6/c1-13(21)19(2)15-7-11-20(12-8-15)16-5-3-14(4-6-16)17(18)9-10-17;1-2/h3-6,15H,7-12,18H2,1-2H3;1-2H3. The number of carbonyl (C=O) groups excluding carboxylic acids is 1. The highest BCUT2D eigenvalue weighted by molar-refractivity contribution is 5.73. The second-order valence-corrected chi connectivity index (χ2v) is 6.55. The number of amides is 1. The molecule has 1 aromatic carbocycles. The van der Waals surface area contributed by atoms with Crippen molar-refractivity contribution >= 4 is 11.6 Å². The molecule has 1 heterocycles. The lowest BCUT2D eigenvalue weighted by Gasteiger charge is -2.37. The van der Waals surface area contributed by atoms with Crippen molar-refractivity contribution in [2.24, 2.45) is 5.73 Å². The fourth-order valence-electron chi connectivity index (χ4n) is 3.20. The van der Waals surface area contributed by atoms with Gasteiger partial charge in [0.05, 0.1) is 0 Å². The predicted octanol–water partition coefficient (Wildman–Crippen LogP) is 3.11. The Morgan fingerprint density at radius 2 is 1.70 bits per heavy atom. The number of rotatable bonds is 3. The van der Waals surface area contributed by atoms with Gasteiger partial charge in [-0.3, -0.25) is 4.79 Å². The lowest BCUT2D eigenvalue weighted by atomic mass is 10.0. The zero-order valence-electron chi connectivity index (χ0n) is 15.0. The number of benzene rings is 1. The first-order valence-electron chi connectivity index (χ1n) is 8.87. The average molecular weight is 317 g/mol. The average Bonchev–Trinajstić information content (AvgIpc) is 3.35. The number of nitrogens with two attached hydrogens (primary N) is 1. The highest BCUT2D eigenvalue weighted by Gasteiger charge is 2.39. The van der Waals surface area contributed by atoms with Crippen LogP contribution in [0.1, 0.15) is 52.0 Å². The van der Waals surface area contributed by atoms with E-state index in [4.69, 9.17) is 5.73 Å². The van der Waals surface area contributed by atoms with Gasteiger partial charge in [-0.1, -0.05) is 26.0 Å². The van der Waals surface area contributed by atoms with E-state index in [0.717, 1.165) is 38.8 Å². The van der Waals surface area contributed by atoms with Crippen LogP contribution in [0, 0.1) is 0 Å². The summed E-state index contributed by atoms with van der Waals surface area (Å²) in [6.45, 7) is 7.66. The SMILES string of the molecule is CC.CC(=O)N(C)C1CCN(c2ccc(C3(N)CC3)cc2)CC1. The molecule has 1 aliphatic carbocycles. The molecule has 1 saturated carbocycles. The second kappa shape index (κ2) is 7.35. The quantitative estimate of drug-likeness (QED) is 0.932. The van der Waals surface area contributed by atoms with Gasteiger partial charge in [-0.15, -0.1) is 0 Å². The number of hydrogen-bond donors (Lipinski definition) is 1. The van der Waals surface area contributed by atoms with Crippen molar-refractivity contribution in [2.45, 2.75) is 58.0 Å². The summed E-state index contributed by atoms with van der Waals surface area (Å²) in [5, 5.41) is 0. The Kier molecular flexibility index (Phi) is 5.69. The van der Waals surface area contributed by atoms with Crippen LogP contribution in [0.3, 0.4) is 0 Å². The van der Waals surface area contributed by atoms with Crippen molar-refractivity contribution in [3.8, 4) is 0 Å². The van der Waals surface area contributed by atoms with Crippen LogP contribution in [-0.4, -0.2) is 37.0 Å². The minimum absolute atomic E-state index is 0.0459. The number of piperidine rings is 1. The van der Waals surface area contributed by atoms with Gasteiger partial charge in [0.1, 0.15) is 0 Å². The van der Waals surface area contributed by atoms with Gasteiger partial charge in [0.2, 0.25) is 5.91 Å². The van der Waals surface area contributed by atoms with E-state index in [0.29, 0.717) is 6.04 Å². The molecule has 0 radical (unpaired) electrons. The molecule has 23 heavy (non-hydrogen) atoms. The zero-order valence-corrected chi connectivity index (χ0v) is 15.0. The number of anilines is 1. The highest BCUT2D eigenvalue weighted by Crippen LogP contribution is 2.43. The minimum atomic E-state index is -0.0459. The second-order valence-electron chi connectivity index (χ2n) is 6.55. The molecule has 0 unspecified atom stereocenters. The van der Waals surface area contributed by atoms with Crippen molar-refractivity contribution in [1.82, 2.24) is 4.90 Å². The van der Waals surface area contributed by atoms with E-state index < -0.39 is 0 Å². The van der Waals surface area contributed by atoms with Crippen LogP contribution in [-0.2, 0) is 10.3 Å². The van der Waals surface area contributed by atoms with Crippen LogP contribution >= 0.6 is 0 Å². The molecular weight excluding hydrogens is 286 g/mol. The van der Waals surface area contributed by atoms with Crippen LogP contribution < -0.4 is 10.6 Å². The molecule has 0 spiro atoms. The molecule has 4 nitrogen and oxygen atoms in total. The summed E-state index contributed by atoms with van der Waals surface area (Å²) < 4.78 is 0. The van der Waals surface area contributed by atoms with Crippen LogP contribution in [0.15, 0.2) is 24.3 Å². The smallest absolute Gasteiger partial charge is 0.219 e. The fourth-order valence-corrected chi connectivity index (χ4v) is 3.20. The molecule has 0 bridgehead atoms. The summed E-state index contributed by atoms with van der Waals surface area (Å²) in [7, 11) is 1.91. The summed E-state index contributed by atoms with van der Waals surface area (Å²) in [5.74, 6) is 0.162. The molecule has 0 atom stereocenters. The fraction of sp³-hybridized carbons (Fsp3) is 0.632. The molecule has 1 saturated heterocycles. The molecule has 128 valence electrons. The first-order valence-corrected chi connectivity index (χ1v) is 8.87. The number of carbonyl (C=O) groups is 1. The first kappa shape index (κ1) is 17.8. The lowest BCUT2D eigenvalue weighted by Crippen LogP contribution is -2.45. The number of hydrogen-bond acceptors (Lipinski definition) is 3. The maximum absolute atomic E-state index is 11.4. The molecule has 2 N–H and O–H groups in total. The van der Waals surface area contributed by atoms with Gasteiger partial charge in [-0.05, 0) is 43.4 Å². The van der Waals surface area contributed by atoms with Gasteiger partial charge >= 0.3 is 0 Å². The molecular formula is C19H31N3O. The minimum Gasteiger partial charge on any atom is -0.371 e. The summed E-state index contributed by atoms with van der Waals surface area (Å²) >= 11 is 0. The van der Waals surface area contributed by atoms with E-state index in [9.17, 15) is 4.79 Å². The monoisotopic (exact) mass is 317 g/mol. The van der Waals surface area contributed by atoms with Gasteiger partial charge in [0.15, 0.2) is 0 Å². The zero-order chi connectivity index (χ0) is 17.0. The Balaban J connectivity index is 0.000000924. The van der Waals surface area contributed by atoms with E-state index in [1.165, 1.54) is 11.3 Å². The molecule has 1 aliphatic heterocycles. The molecule has 1 amide bonds. The summed E-state index contributed by atoms with van der Waals surface area (Å²) in [4.78, 5) is 15.7. The highest BCUT2D eigenvalue weighted by atomic mass is 16.2. The van der Waals surface area contributed by atoms with Crippen molar-refractivity contribution in [1.29, 1.82) is 0 Å². The molecule has 4 heteroatoms. The summed E-state index contributed by atoms with van der Waals surface area (Å²) in [6.07, 6.45) is 4.29. The predicted molar refractivity (Wildman–Crippen MR) is 96.6 cm³/mol. The lowest BCUT2D eigenvalue weighted by molar-refractivity contribution is -0.129. The van der Waals surface area contributed by atoms with Crippen molar-refractivity contribution in [2.75, 3.05) is 25.0 Å². The molecule has 3 rings (SSSR count). The first-order chi connectivity index (χ1) is 11.0. The Morgan fingerprint density at radius 1 is 1.17 bits per heavy atom. The third kappa shape index (κ3) is 4.05. The van der Waals surface area contributed by atoms with Crippen molar-refractivity contribution in [3.05, 3.63) is 29.8 Å². The van der Waals surface area contributed by atoms with E-state index in [1.807, 2.05) is 25.8 Å². The Morgan fingerprint density at radius 3 is 2.13 bits per heavy atom. The Bertz CT molecular complexity index is 514. The van der Waals surface area contributed by atoms with Gasteiger partial charge < -0.3 is 15.5 Å². The topological polar surface area (TPSA) is 49.6 Å². The normalized spacial score (nSPS) is 19.6. The summed E-state index contributed by atoms with van der Waals surface area (Å²) in [5.41, 5.74) is 8.71. The number of nitrogens with zero attached hydrogens (tertiary/aromatic N) is 2. The Hall–Kier alpha value is -1.55. The van der Waals surface area contributed by atoms with E-state index in [1.54, 1.807) is 6.92 Å². The van der Waals surface area contributed by atoms with E-state index >= 15 is 0 Å². The molecule has 2 aliphatic rings. The van der Waals surface area contributed by atoms with Gasteiger partial charge in [-0.2, -0.15) is 0 Å². The molecule has 0 aromatic heterocycles.